The van der Waals surface area contributed by atoms with Gasteiger partial charge >= 0.3 is 0 Å². The van der Waals surface area contributed by atoms with Gasteiger partial charge in [-0.1, -0.05) is 11.6 Å². The third kappa shape index (κ3) is 2.26. The maximum absolute atomic E-state index is 13.7. The lowest BCUT2D eigenvalue weighted by Gasteiger charge is -2.35. The highest BCUT2D eigenvalue weighted by Crippen LogP contribution is 2.22. The summed E-state index contributed by atoms with van der Waals surface area (Å²) in [4.78, 5) is 5.84. The first-order valence-corrected chi connectivity index (χ1v) is 5.45. The molecule has 2 rings (SSSR count). The molecule has 0 spiro atoms. The summed E-state index contributed by atoms with van der Waals surface area (Å²) in [5.74, 6) is -0.129. The van der Waals surface area contributed by atoms with Gasteiger partial charge in [-0.2, -0.15) is 0 Å². The van der Waals surface area contributed by atoms with Gasteiger partial charge in [-0.25, -0.2) is 9.37 Å². The van der Waals surface area contributed by atoms with Gasteiger partial charge in [0.15, 0.2) is 11.6 Å². The number of aromatic nitrogens is 1. The van der Waals surface area contributed by atoms with E-state index in [1.54, 1.807) is 0 Å². The second-order valence-electron chi connectivity index (χ2n) is 3.62. The van der Waals surface area contributed by atoms with Gasteiger partial charge in [0.05, 0.1) is 24.3 Å². The van der Waals surface area contributed by atoms with Gasteiger partial charge in [-0.05, 0) is 6.07 Å². The number of nitrogens with two attached hydrogens (primary N) is 1. The Hall–Kier alpha value is -0.910. The maximum atomic E-state index is 13.7. The third-order valence-electron chi connectivity index (χ3n) is 2.56. The summed E-state index contributed by atoms with van der Waals surface area (Å²) in [6.07, 6.45) is 1.43. The molecular formula is C10H13ClFN3O. The number of rotatable bonds is 2. The van der Waals surface area contributed by atoms with Crippen LogP contribution in [0.2, 0.25) is 5.02 Å². The van der Waals surface area contributed by atoms with E-state index in [1.807, 2.05) is 4.90 Å². The molecule has 16 heavy (non-hydrogen) atoms. The molecule has 0 radical (unpaired) electrons. The Balaban J connectivity index is 2.27. The van der Waals surface area contributed by atoms with Crippen LogP contribution in [0, 0.1) is 5.82 Å². The largest absolute Gasteiger partial charge is 0.377 e. The van der Waals surface area contributed by atoms with Crippen molar-refractivity contribution in [2.24, 2.45) is 5.73 Å². The van der Waals surface area contributed by atoms with Crippen molar-refractivity contribution < 1.29 is 9.13 Å². The minimum absolute atomic E-state index is 0.0306. The molecule has 2 heterocycles. The third-order valence-corrected chi connectivity index (χ3v) is 2.77. The molecule has 88 valence electrons. The molecule has 4 nitrogen and oxygen atoms in total. The summed E-state index contributed by atoms with van der Waals surface area (Å²) in [7, 11) is 0. The zero-order valence-corrected chi connectivity index (χ0v) is 9.45. The van der Waals surface area contributed by atoms with Gasteiger partial charge < -0.3 is 15.4 Å². The monoisotopic (exact) mass is 245 g/mol. The van der Waals surface area contributed by atoms with Crippen molar-refractivity contribution in [2.75, 3.05) is 31.2 Å². The van der Waals surface area contributed by atoms with Crippen LogP contribution in [0.15, 0.2) is 12.3 Å². The fourth-order valence-corrected chi connectivity index (χ4v) is 1.89. The van der Waals surface area contributed by atoms with Gasteiger partial charge in [-0.3, -0.25) is 0 Å². The molecule has 1 unspecified atom stereocenters. The van der Waals surface area contributed by atoms with Crippen molar-refractivity contribution in [2.45, 2.75) is 6.04 Å². The SMILES string of the molecule is NCC1COCCN1c1ncc(Cl)cc1F. The van der Waals surface area contributed by atoms with Crippen molar-refractivity contribution in [3.63, 3.8) is 0 Å². The fourth-order valence-electron chi connectivity index (χ4n) is 1.75. The Kier molecular flexibility index (Phi) is 3.58. The van der Waals surface area contributed by atoms with Crippen LogP contribution in [0.25, 0.3) is 0 Å². The van der Waals surface area contributed by atoms with E-state index in [9.17, 15) is 4.39 Å². The van der Waals surface area contributed by atoms with E-state index in [0.717, 1.165) is 0 Å². The average molecular weight is 246 g/mol. The minimum Gasteiger partial charge on any atom is -0.377 e. The van der Waals surface area contributed by atoms with Gasteiger partial charge in [0.2, 0.25) is 0 Å². The van der Waals surface area contributed by atoms with Crippen LogP contribution in [0.1, 0.15) is 0 Å². The number of anilines is 1. The number of halogens is 2. The highest BCUT2D eigenvalue weighted by Gasteiger charge is 2.25. The van der Waals surface area contributed by atoms with Crippen LogP contribution in [0.5, 0.6) is 0 Å². The normalized spacial score (nSPS) is 21.2. The molecule has 0 amide bonds. The molecular weight excluding hydrogens is 233 g/mol. The van der Waals surface area contributed by atoms with Gasteiger partial charge in [0.1, 0.15) is 0 Å². The number of morpholine rings is 1. The topological polar surface area (TPSA) is 51.4 Å². The molecule has 0 aromatic carbocycles. The molecule has 1 aliphatic heterocycles. The Morgan fingerprint density at radius 2 is 2.50 bits per heavy atom. The Morgan fingerprint density at radius 1 is 1.69 bits per heavy atom. The van der Waals surface area contributed by atoms with E-state index in [-0.39, 0.29) is 6.04 Å². The zero-order valence-electron chi connectivity index (χ0n) is 8.70. The summed E-state index contributed by atoms with van der Waals surface area (Å²) in [6.45, 7) is 2.05. The van der Waals surface area contributed by atoms with Crippen LogP contribution < -0.4 is 10.6 Å². The molecule has 1 aromatic rings. The van der Waals surface area contributed by atoms with Gasteiger partial charge in [0, 0.05) is 19.3 Å². The van der Waals surface area contributed by atoms with E-state index >= 15 is 0 Å². The van der Waals surface area contributed by atoms with Crippen molar-refractivity contribution in [1.29, 1.82) is 0 Å². The first-order chi connectivity index (χ1) is 7.72. The second kappa shape index (κ2) is 4.95. The standard InChI is InChI=1S/C10H13ClFN3O/c11-7-3-9(12)10(14-5-7)15-1-2-16-6-8(15)4-13/h3,5,8H,1-2,4,6,13H2. The van der Waals surface area contributed by atoms with Crippen molar-refractivity contribution in [1.82, 2.24) is 4.98 Å². The Morgan fingerprint density at radius 3 is 3.19 bits per heavy atom. The average Bonchev–Trinajstić information content (AvgIpc) is 2.29. The molecule has 0 bridgehead atoms. The first kappa shape index (κ1) is 11.6. The van der Waals surface area contributed by atoms with Crippen LogP contribution >= 0.6 is 11.6 Å². The summed E-state index contributed by atoms with van der Waals surface area (Å²) in [5, 5.41) is 0.291. The number of ether oxygens (including phenoxy) is 1. The van der Waals surface area contributed by atoms with Gasteiger partial charge in [0.25, 0.3) is 0 Å². The van der Waals surface area contributed by atoms with Crippen molar-refractivity contribution >= 4 is 17.4 Å². The minimum atomic E-state index is -0.423. The molecule has 6 heteroatoms. The number of pyridine rings is 1. The van der Waals surface area contributed by atoms with E-state index in [0.29, 0.717) is 37.1 Å². The lowest BCUT2D eigenvalue weighted by atomic mass is 10.2. The van der Waals surface area contributed by atoms with E-state index in [1.165, 1.54) is 12.3 Å². The predicted molar refractivity (Wildman–Crippen MR) is 60.2 cm³/mol. The lowest BCUT2D eigenvalue weighted by Crippen LogP contribution is -2.50. The smallest absolute Gasteiger partial charge is 0.167 e. The predicted octanol–water partition coefficient (Wildman–Crippen LogP) is 1.04. The maximum Gasteiger partial charge on any atom is 0.167 e. The summed E-state index contributed by atoms with van der Waals surface area (Å²) < 4.78 is 19.0. The number of nitrogens with zero attached hydrogens (tertiary/aromatic N) is 2. The van der Waals surface area contributed by atoms with Crippen LogP contribution in [0.3, 0.4) is 0 Å². The highest BCUT2D eigenvalue weighted by molar-refractivity contribution is 6.30. The molecule has 2 N–H and O–H groups in total. The van der Waals surface area contributed by atoms with Crippen LogP contribution in [0.4, 0.5) is 10.2 Å². The molecule has 1 atom stereocenters. The lowest BCUT2D eigenvalue weighted by molar-refractivity contribution is 0.0954. The molecule has 1 fully saturated rings. The molecule has 0 saturated carbocycles. The summed E-state index contributed by atoms with van der Waals surface area (Å²) in [5.41, 5.74) is 5.61. The molecule has 0 aliphatic carbocycles. The van der Waals surface area contributed by atoms with Crippen molar-refractivity contribution in [3.8, 4) is 0 Å². The van der Waals surface area contributed by atoms with Crippen LogP contribution in [-0.4, -0.2) is 37.3 Å². The highest BCUT2D eigenvalue weighted by atomic mass is 35.5. The second-order valence-corrected chi connectivity index (χ2v) is 4.05. The number of hydrogen-bond acceptors (Lipinski definition) is 4. The van der Waals surface area contributed by atoms with E-state index in [4.69, 9.17) is 22.1 Å². The van der Waals surface area contributed by atoms with Crippen molar-refractivity contribution in [3.05, 3.63) is 23.1 Å². The Labute approximate surface area is 98.2 Å². The molecule has 1 aliphatic rings. The fraction of sp³-hybridized carbons (Fsp3) is 0.500. The Bertz CT molecular complexity index is 377. The van der Waals surface area contributed by atoms with Gasteiger partial charge in [-0.15, -0.1) is 0 Å². The quantitative estimate of drug-likeness (QED) is 0.846. The summed E-state index contributed by atoms with van der Waals surface area (Å²) in [6, 6.07) is 1.23. The van der Waals surface area contributed by atoms with Crippen LogP contribution in [-0.2, 0) is 4.74 Å². The zero-order chi connectivity index (χ0) is 11.5. The molecule has 1 saturated heterocycles. The van der Waals surface area contributed by atoms with E-state index in [2.05, 4.69) is 4.98 Å². The molecule has 1 aromatic heterocycles. The first-order valence-electron chi connectivity index (χ1n) is 5.08. The summed E-state index contributed by atoms with van der Waals surface area (Å²) >= 11 is 5.66. The number of hydrogen-bond donors (Lipinski definition) is 1. The van der Waals surface area contributed by atoms with E-state index < -0.39 is 5.82 Å².